The highest BCUT2D eigenvalue weighted by molar-refractivity contribution is 5.71. The van der Waals surface area contributed by atoms with Crippen LogP contribution in [0.1, 0.15) is 278 Å². The summed E-state index contributed by atoms with van der Waals surface area (Å²) in [7, 11) is 0. The first-order valence-electron chi connectivity index (χ1n) is 24.9. The second-order valence-corrected chi connectivity index (χ2v) is 17.6. The molecule has 332 valence electrons. The molecule has 0 spiro atoms. The lowest BCUT2D eigenvalue weighted by Crippen LogP contribution is -2.30. The van der Waals surface area contributed by atoms with Crippen molar-refractivity contribution in [2.75, 3.05) is 13.2 Å². The van der Waals surface area contributed by atoms with Gasteiger partial charge in [-0.25, -0.2) is 0 Å². The summed E-state index contributed by atoms with van der Waals surface area (Å²) in [6.07, 6.45) is 45.1. The van der Waals surface area contributed by atoms with Crippen molar-refractivity contribution >= 4 is 17.9 Å². The minimum absolute atomic E-state index is 0.0630. The van der Waals surface area contributed by atoms with Crippen LogP contribution in [0, 0.1) is 5.92 Å². The van der Waals surface area contributed by atoms with Gasteiger partial charge in [0.1, 0.15) is 13.2 Å². The first kappa shape index (κ1) is 54.4. The van der Waals surface area contributed by atoms with Gasteiger partial charge in [0.2, 0.25) is 0 Å². The quantitative estimate of drug-likeness (QED) is 0.0347. The first-order valence-corrected chi connectivity index (χ1v) is 24.9. The highest BCUT2D eigenvalue weighted by Crippen LogP contribution is 2.17. The number of hydrogen-bond acceptors (Lipinski definition) is 6. The fourth-order valence-electron chi connectivity index (χ4n) is 7.51. The smallest absolute Gasteiger partial charge is 0.306 e. The molecule has 0 aliphatic rings. The van der Waals surface area contributed by atoms with Crippen LogP contribution in [0.5, 0.6) is 0 Å². The van der Waals surface area contributed by atoms with E-state index in [1.165, 1.54) is 173 Å². The van der Waals surface area contributed by atoms with Gasteiger partial charge >= 0.3 is 17.9 Å². The van der Waals surface area contributed by atoms with Gasteiger partial charge in [0.05, 0.1) is 0 Å². The zero-order valence-corrected chi connectivity index (χ0v) is 38.1. The molecular formula is C50H96O6. The van der Waals surface area contributed by atoms with Crippen LogP contribution in [0.4, 0.5) is 0 Å². The van der Waals surface area contributed by atoms with Gasteiger partial charge in [-0.2, -0.15) is 0 Å². The van der Waals surface area contributed by atoms with Crippen LogP contribution < -0.4 is 0 Å². The minimum Gasteiger partial charge on any atom is -0.462 e. The second kappa shape index (κ2) is 44.5. The third kappa shape index (κ3) is 43.5. The van der Waals surface area contributed by atoms with Gasteiger partial charge in [0.15, 0.2) is 6.10 Å². The second-order valence-electron chi connectivity index (χ2n) is 17.6. The molecular weight excluding hydrogens is 697 g/mol. The Morgan fingerprint density at radius 3 is 0.875 bits per heavy atom. The predicted octanol–water partition coefficient (Wildman–Crippen LogP) is 15.9. The standard InChI is InChI=1S/C50H96O6/c1-5-7-9-11-13-15-17-22-26-30-34-38-42-49(52)55-45-47(44-54-48(51)41-37-33-29-25-20-16-14-12-10-8-6-2)56-50(53)43-39-35-31-27-23-19-18-21-24-28-32-36-40-46(3)4/h46-47H,5-45H2,1-4H3/t47-/m0/s1. The number of carbonyl (C=O) groups is 3. The summed E-state index contributed by atoms with van der Waals surface area (Å²) >= 11 is 0. The molecule has 6 heteroatoms. The Morgan fingerprint density at radius 1 is 0.339 bits per heavy atom. The van der Waals surface area contributed by atoms with E-state index in [0.29, 0.717) is 19.3 Å². The molecule has 0 aromatic carbocycles. The Bertz CT molecular complexity index is 841. The Morgan fingerprint density at radius 2 is 0.589 bits per heavy atom. The fraction of sp³-hybridized carbons (Fsp3) is 0.940. The molecule has 0 aliphatic carbocycles. The van der Waals surface area contributed by atoms with Gasteiger partial charge in [0.25, 0.3) is 0 Å². The number of ether oxygens (including phenoxy) is 3. The number of carbonyl (C=O) groups excluding carboxylic acids is 3. The van der Waals surface area contributed by atoms with Gasteiger partial charge in [0, 0.05) is 19.3 Å². The lowest BCUT2D eigenvalue weighted by atomic mass is 10.0. The maximum Gasteiger partial charge on any atom is 0.306 e. The molecule has 0 bridgehead atoms. The molecule has 0 radical (unpaired) electrons. The molecule has 0 unspecified atom stereocenters. The van der Waals surface area contributed by atoms with Crippen LogP contribution in [0.15, 0.2) is 0 Å². The van der Waals surface area contributed by atoms with E-state index in [1.54, 1.807) is 0 Å². The van der Waals surface area contributed by atoms with Crippen molar-refractivity contribution in [2.45, 2.75) is 284 Å². The van der Waals surface area contributed by atoms with Gasteiger partial charge in [-0.15, -0.1) is 0 Å². The maximum absolute atomic E-state index is 12.8. The number of esters is 3. The van der Waals surface area contributed by atoms with Crippen molar-refractivity contribution in [3.05, 3.63) is 0 Å². The van der Waals surface area contributed by atoms with Gasteiger partial charge in [-0.3, -0.25) is 14.4 Å². The Hall–Kier alpha value is -1.59. The lowest BCUT2D eigenvalue weighted by molar-refractivity contribution is -0.167. The van der Waals surface area contributed by atoms with E-state index in [0.717, 1.165) is 63.7 Å². The van der Waals surface area contributed by atoms with Crippen molar-refractivity contribution in [1.29, 1.82) is 0 Å². The molecule has 0 aliphatic heterocycles. The number of hydrogen-bond donors (Lipinski definition) is 0. The maximum atomic E-state index is 12.8. The summed E-state index contributed by atoms with van der Waals surface area (Å²) in [5.41, 5.74) is 0. The average molecular weight is 793 g/mol. The van der Waals surface area contributed by atoms with Crippen molar-refractivity contribution in [2.24, 2.45) is 5.92 Å². The zero-order chi connectivity index (χ0) is 41.0. The monoisotopic (exact) mass is 793 g/mol. The highest BCUT2D eigenvalue weighted by atomic mass is 16.6. The van der Waals surface area contributed by atoms with E-state index in [1.807, 2.05) is 0 Å². The van der Waals surface area contributed by atoms with Gasteiger partial charge < -0.3 is 14.2 Å². The molecule has 0 aromatic heterocycles. The van der Waals surface area contributed by atoms with E-state index in [4.69, 9.17) is 14.2 Å². The van der Waals surface area contributed by atoms with Crippen molar-refractivity contribution in [3.63, 3.8) is 0 Å². The van der Waals surface area contributed by atoms with Crippen molar-refractivity contribution < 1.29 is 28.6 Å². The van der Waals surface area contributed by atoms with E-state index in [2.05, 4.69) is 27.7 Å². The van der Waals surface area contributed by atoms with Crippen LogP contribution >= 0.6 is 0 Å². The zero-order valence-electron chi connectivity index (χ0n) is 38.1. The first-order chi connectivity index (χ1) is 27.4. The average Bonchev–Trinajstić information content (AvgIpc) is 3.18. The summed E-state index contributed by atoms with van der Waals surface area (Å²) in [5, 5.41) is 0. The topological polar surface area (TPSA) is 78.9 Å². The molecule has 0 saturated heterocycles. The third-order valence-corrected chi connectivity index (χ3v) is 11.3. The molecule has 0 rings (SSSR count). The van der Waals surface area contributed by atoms with Gasteiger partial charge in [-0.05, 0) is 25.2 Å². The molecule has 0 fully saturated rings. The van der Waals surface area contributed by atoms with E-state index >= 15 is 0 Å². The molecule has 0 aromatic rings. The summed E-state index contributed by atoms with van der Waals surface area (Å²) in [6.45, 7) is 9.01. The molecule has 6 nitrogen and oxygen atoms in total. The molecule has 0 saturated carbocycles. The summed E-state index contributed by atoms with van der Waals surface area (Å²) in [6, 6.07) is 0. The molecule has 56 heavy (non-hydrogen) atoms. The summed E-state index contributed by atoms with van der Waals surface area (Å²) < 4.78 is 16.8. The van der Waals surface area contributed by atoms with Crippen molar-refractivity contribution in [3.8, 4) is 0 Å². The number of unbranched alkanes of at least 4 members (excludes halogenated alkanes) is 32. The van der Waals surface area contributed by atoms with E-state index in [-0.39, 0.29) is 31.1 Å². The Kier molecular flexibility index (Phi) is 43.2. The predicted molar refractivity (Wildman–Crippen MR) is 238 cm³/mol. The fourth-order valence-corrected chi connectivity index (χ4v) is 7.51. The SMILES string of the molecule is CCCCCCCCCCCCCCC(=O)OC[C@H](COC(=O)CCCCCCCCCCCCC)OC(=O)CCCCCCCCCCCCCCC(C)C. The lowest BCUT2D eigenvalue weighted by Gasteiger charge is -2.18. The Labute approximate surface area is 348 Å². The van der Waals surface area contributed by atoms with Crippen LogP contribution in [-0.2, 0) is 28.6 Å². The third-order valence-electron chi connectivity index (χ3n) is 11.3. The summed E-state index contributed by atoms with van der Waals surface area (Å²) in [5.74, 6) is -0.0156. The highest BCUT2D eigenvalue weighted by Gasteiger charge is 2.19. The van der Waals surface area contributed by atoms with Crippen LogP contribution in [-0.4, -0.2) is 37.2 Å². The number of rotatable bonds is 45. The van der Waals surface area contributed by atoms with E-state index < -0.39 is 6.10 Å². The molecule has 0 N–H and O–H groups in total. The summed E-state index contributed by atoms with van der Waals surface area (Å²) in [4.78, 5) is 37.8. The van der Waals surface area contributed by atoms with E-state index in [9.17, 15) is 14.4 Å². The minimum atomic E-state index is -0.759. The van der Waals surface area contributed by atoms with Crippen molar-refractivity contribution in [1.82, 2.24) is 0 Å². The molecule has 0 heterocycles. The van der Waals surface area contributed by atoms with Crippen LogP contribution in [0.2, 0.25) is 0 Å². The van der Waals surface area contributed by atoms with Crippen LogP contribution in [0.25, 0.3) is 0 Å². The van der Waals surface area contributed by atoms with Gasteiger partial charge in [-0.1, -0.05) is 240 Å². The molecule has 0 amide bonds. The largest absolute Gasteiger partial charge is 0.462 e. The normalized spacial score (nSPS) is 11.9. The Balaban J connectivity index is 4.31. The van der Waals surface area contributed by atoms with Crippen LogP contribution in [0.3, 0.4) is 0 Å². The molecule has 1 atom stereocenters.